The molecule has 4 nitrogen and oxygen atoms in total. The summed E-state index contributed by atoms with van der Waals surface area (Å²) in [5.74, 6) is 1.17. The summed E-state index contributed by atoms with van der Waals surface area (Å²) in [6, 6.07) is 3.75. The van der Waals surface area contributed by atoms with E-state index in [2.05, 4.69) is 17.2 Å². The van der Waals surface area contributed by atoms with Crippen LogP contribution in [0.4, 0.5) is 0 Å². The van der Waals surface area contributed by atoms with E-state index in [9.17, 15) is 0 Å². The lowest BCUT2D eigenvalue weighted by Gasteiger charge is -2.20. The Morgan fingerprint density at radius 2 is 2.15 bits per heavy atom. The van der Waals surface area contributed by atoms with E-state index in [1.807, 2.05) is 17.5 Å². The largest absolute Gasteiger partial charge is 0.493 e. The van der Waals surface area contributed by atoms with Crippen LogP contribution in [-0.2, 0) is 0 Å². The Balaban J connectivity index is 2.49. The Morgan fingerprint density at radius 3 is 2.70 bits per heavy atom. The van der Waals surface area contributed by atoms with Crippen molar-refractivity contribution in [1.29, 1.82) is 0 Å². The van der Waals surface area contributed by atoms with Gasteiger partial charge in [-0.05, 0) is 18.2 Å². The summed E-state index contributed by atoms with van der Waals surface area (Å²) in [4.78, 5) is 4.38. The second kappa shape index (κ2) is 6.92. The van der Waals surface area contributed by atoms with Crippen LogP contribution < -0.4 is 14.8 Å². The predicted molar refractivity (Wildman–Crippen MR) is 82.2 cm³/mol. The van der Waals surface area contributed by atoms with E-state index in [1.54, 1.807) is 31.8 Å². The fourth-order valence-electron chi connectivity index (χ4n) is 2.04. The van der Waals surface area contributed by atoms with Crippen molar-refractivity contribution in [3.05, 3.63) is 39.3 Å². The molecule has 0 spiro atoms. The summed E-state index contributed by atoms with van der Waals surface area (Å²) in [5.41, 5.74) is 0.932. The van der Waals surface area contributed by atoms with Gasteiger partial charge in [-0.25, -0.2) is 4.98 Å². The maximum atomic E-state index is 6.47. The van der Waals surface area contributed by atoms with Gasteiger partial charge in [-0.3, -0.25) is 0 Å². The number of benzene rings is 1. The zero-order valence-corrected chi connectivity index (χ0v) is 13.2. The van der Waals surface area contributed by atoms with Crippen LogP contribution in [0.3, 0.4) is 0 Å². The molecule has 0 amide bonds. The van der Waals surface area contributed by atoms with Gasteiger partial charge in [-0.1, -0.05) is 24.6 Å². The van der Waals surface area contributed by atoms with Crippen LogP contribution in [0.2, 0.25) is 5.02 Å². The zero-order chi connectivity index (χ0) is 14.5. The quantitative estimate of drug-likeness (QED) is 0.886. The summed E-state index contributed by atoms with van der Waals surface area (Å²) < 4.78 is 10.6. The zero-order valence-electron chi connectivity index (χ0n) is 11.6. The van der Waals surface area contributed by atoms with Gasteiger partial charge in [0.05, 0.1) is 25.3 Å². The Kier molecular flexibility index (Phi) is 5.23. The molecule has 0 fully saturated rings. The first-order valence-corrected chi connectivity index (χ1v) is 7.51. The van der Waals surface area contributed by atoms with Crippen LogP contribution in [0.1, 0.15) is 23.5 Å². The van der Waals surface area contributed by atoms with E-state index in [-0.39, 0.29) is 6.04 Å². The second-order valence-electron chi connectivity index (χ2n) is 4.07. The van der Waals surface area contributed by atoms with Crippen molar-refractivity contribution in [2.45, 2.75) is 13.0 Å². The number of nitrogens with zero attached hydrogens (tertiary/aromatic N) is 1. The van der Waals surface area contributed by atoms with Crippen molar-refractivity contribution in [2.75, 3.05) is 20.8 Å². The SMILES string of the molecule is CCNC(c1nccs1)c1ccc(OC)c(OC)c1Cl. The van der Waals surface area contributed by atoms with Crippen molar-refractivity contribution >= 4 is 22.9 Å². The van der Waals surface area contributed by atoms with Crippen LogP contribution in [0.5, 0.6) is 11.5 Å². The summed E-state index contributed by atoms with van der Waals surface area (Å²) in [6.07, 6.45) is 1.79. The fourth-order valence-corrected chi connectivity index (χ4v) is 3.11. The lowest BCUT2D eigenvalue weighted by Crippen LogP contribution is -2.22. The number of aromatic nitrogens is 1. The van der Waals surface area contributed by atoms with Crippen LogP contribution in [0.15, 0.2) is 23.7 Å². The van der Waals surface area contributed by atoms with Crippen LogP contribution in [0.25, 0.3) is 0 Å². The van der Waals surface area contributed by atoms with Gasteiger partial charge in [0.1, 0.15) is 5.01 Å². The summed E-state index contributed by atoms with van der Waals surface area (Å²) >= 11 is 8.07. The van der Waals surface area contributed by atoms with Crippen LogP contribution in [0, 0.1) is 0 Å². The molecule has 2 rings (SSSR count). The molecule has 1 aromatic carbocycles. The molecule has 1 aromatic heterocycles. The van der Waals surface area contributed by atoms with E-state index in [0.29, 0.717) is 16.5 Å². The minimum atomic E-state index is -0.0488. The number of halogens is 1. The Morgan fingerprint density at radius 1 is 1.35 bits per heavy atom. The van der Waals surface area contributed by atoms with Crippen molar-refractivity contribution in [3.63, 3.8) is 0 Å². The van der Waals surface area contributed by atoms with Gasteiger partial charge in [0, 0.05) is 11.6 Å². The van der Waals surface area contributed by atoms with Crippen LogP contribution in [-0.4, -0.2) is 25.7 Å². The molecule has 1 N–H and O–H groups in total. The average Bonchev–Trinajstić information content (AvgIpc) is 2.98. The third-order valence-corrected chi connectivity index (χ3v) is 4.16. The molecule has 0 aliphatic rings. The molecule has 0 saturated heterocycles. The number of methoxy groups -OCH3 is 2. The van der Waals surface area contributed by atoms with E-state index in [4.69, 9.17) is 21.1 Å². The van der Waals surface area contributed by atoms with Gasteiger partial charge in [0.15, 0.2) is 11.5 Å². The van der Waals surface area contributed by atoms with E-state index >= 15 is 0 Å². The molecule has 0 aliphatic heterocycles. The number of thiazole rings is 1. The summed E-state index contributed by atoms with van der Waals surface area (Å²) in [6.45, 7) is 2.87. The number of nitrogens with one attached hydrogen (secondary N) is 1. The molecule has 2 aromatic rings. The fraction of sp³-hybridized carbons (Fsp3) is 0.357. The number of rotatable bonds is 6. The molecular formula is C14H17ClN2O2S. The molecule has 108 valence electrons. The van der Waals surface area contributed by atoms with Gasteiger partial charge >= 0.3 is 0 Å². The van der Waals surface area contributed by atoms with Gasteiger partial charge in [0.2, 0.25) is 0 Å². The average molecular weight is 313 g/mol. The lowest BCUT2D eigenvalue weighted by molar-refractivity contribution is 0.354. The third-order valence-electron chi connectivity index (χ3n) is 2.93. The summed E-state index contributed by atoms with van der Waals surface area (Å²) in [5, 5.41) is 6.87. The molecule has 6 heteroatoms. The lowest BCUT2D eigenvalue weighted by atomic mass is 10.1. The smallest absolute Gasteiger partial charge is 0.179 e. The molecule has 0 saturated carbocycles. The van der Waals surface area contributed by atoms with Crippen LogP contribution >= 0.6 is 22.9 Å². The number of hydrogen-bond acceptors (Lipinski definition) is 5. The van der Waals surface area contributed by atoms with Crippen molar-refractivity contribution in [3.8, 4) is 11.5 Å². The molecule has 0 bridgehead atoms. The highest BCUT2D eigenvalue weighted by Crippen LogP contribution is 2.41. The Labute approximate surface area is 127 Å². The molecule has 0 aliphatic carbocycles. The molecule has 1 heterocycles. The van der Waals surface area contributed by atoms with Gasteiger partial charge < -0.3 is 14.8 Å². The normalized spacial score (nSPS) is 12.2. The Hall–Kier alpha value is -1.30. The maximum absolute atomic E-state index is 6.47. The van der Waals surface area contributed by atoms with E-state index < -0.39 is 0 Å². The van der Waals surface area contributed by atoms with Gasteiger partial charge in [-0.2, -0.15) is 0 Å². The van der Waals surface area contributed by atoms with E-state index in [1.165, 1.54) is 0 Å². The molecule has 1 atom stereocenters. The first-order valence-electron chi connectivity index (χ1n) is 6.26. The second-order valence-corrected chi connectivity index (χ2v) is 5.37. The highest BCUT2D eigenvalue weighted by molar-refractivity contribution is 7.09. The summed E-state index contributed by atoms with van der Waals surface area (Å²) in [7, 11) is 3.18. The molecular weight excluding hydrogens is 296 g/mol. The maximum Gasteiger partial charge on any atom is 0.179 e. The van der Waals surface area contributed by atoms with Crippen molar-refractivity contribution < 1.29 is 9.47 Å². The number of ether oxygens (including phenoxy) is 2. The highest BCUT2D eigenvalue weighted by Gasteiger charge is 2.22. The minimum Gasteiger partial charge on any atom is -0.493 e. The van der Waals surface area contributed by atoms with E-state index in [0.717, 1.165) is 17.1 Å². The Bertz CT molecular complexity index is 561. The topological polar surface area (TPSA) is 43.4 Å². The van der Waals surface area contributed by atoms with Crippen molar-refractivity contribution in [1.82, 2.24) is 10.3 Å². The third kappa shape index (κ3) is 2.90. The number of hydrogen-bond donors (Lipinski definition) is 1. The monoisotopic (exact) mass is 312 g/mol. The van der Waals surface area contributed by atoms with Gasteiger partial charge in [0.25, 0.3) is 0 Å². The predicted octanol–water partition coefficient (Wildman–Crippen LogP) is 3.51. The first-order chi connectivity index (χ1) is 9.72. The highest BCUT2D eigenvalue weighted by atomic mass is 35.5. The molecule has 0 radical (unpaired) electrons. The molecule has 1 unspecified atom stereocenters. The molecule has 20 heavy (non-hydrogen) atoms. The van der Waals surface area contributed by atoms with Crippen molar-refractivity contribution in [2.24, 2.45) is 0 Å². The minimum absolute atomic E-state index is 0.0488. The van der Waals surface area contributed by atoms with Gasteiger partial charge in [-0.15, -0.1) is 11.3 Å². The standard InChI is InChI=1S/C14H17ClN2O2S/c1-4-16-12(14-17-7-8-20-14)9-5-6-10(18-2)13(19-3)11(9)15/h5-8,12,16H,4H2,1-3H3. The first kappa shape index (κ1) is 15.1.